The molecule has 0 amide bonds. The lowest BCUT2D eigenvalue weighted by Gasteiger charge is -2.34. The zero-order chi connectivity index (χ0) is 38.5. The highest BCUT2D eigenvalue weighted by atomic mass is 15.1. The first-order valence-corrected chi connectivity index (χ1v) is 20.1. The highest BCUT2D eigenvalue weighted by molar-refractivity contribution is 5.98. The van der Waals surface area contributed by atoms with Crippen LogP contribution < -0.4 is 4.90 Å². The lowest BCUT2D eigenvalue weighted by atomic mass is 9.68. The van der Waals surface area contributed by atoms with Gasteiger partial charge in [-0.2, -0.15) is 0 Å². The van der Waals surface area contributed by atoms with E-state index >= 15 is 0 Å². The van der Waals surface area contributed by atoms with Crippen LogP contribution in [-0.2, 0) is 5.41 Å². The minimum absolute atomic E-state index is 0.469. The molecule has 0 aromatic heterocycles. The summed E-state index contributed by atoms with van der Waals surface area (Å²) in [4.78, 5) is 2.43. The van der Waals surface area contributed by atoms with Crippen LogP contribution in [0.25, 0.3) is 54.9 Å². The van der Waals surface area contributed by atoms with Gasteiger partial charge in [0.15, 0.2) is 0 Å². The predicted octanol–water partition coefficient (Wildman–Crippen LogP) is 15.2. The number of hydrogen-bond acceptors (Lipinski definition) is 1. The quantitative estimate of drug-likeness (QED) is 0.157. The molecule has 0 unspecified atom stereocenters. The molecular weight excluding hydrogens is 699 g/mol. The van der Waals surface area contributed by atoms with Crippen LogP contribution in [0.2, 0.25) is 0 Å². The molecule has 0 atom stereocenters. The van der Waals surface area contributed by atoms with Gasteiger partial charge in [0.05, 0.1) is 11.1 Å². The van der Waals surface area contributed by atoms with Crippen LogP contribution >= 0.6 is 0 Å². The summed E-state index contributed by atoms with van der Waals surface area (Å²) >= 11 is 0. The van der Waals surface area contributed by atoms with Crippen molar-refractivity contribution >= 4 is 38.6 Å². The number of hydrogen-bond donors (Lipinski definition) is 0. The van der Waals surface area contributed by atoms with Gasteiger partial charge in [-0.1, -0.05) is 188 Å². The summed E-state index contributed by atoms with van der Waals surface area (Å²) in [5.41, 5.74) is 15.4. The van der Waals surface area contributed by atoms with Crippen LogP contribution in [0.1, 0.15) is 22.3 Å². The second-order valence-electron chi connectivity index (χ2n) is 15.3. The van der Waals surface area contributed by atoms with Crippen molar-refractivity contribution in [2.24, 2.45) is 0 Å². The van der Waals surface area contributed by atoms with Gasteiger partial charge in [-0.25, -0.2) is 0 Å². The summed E-state index contributed by atoms with van der Waals surface area (Å²) in [7, 11) is 0. The van der Waals surface area contributed by atoms with E-state index in [1.54, 1.807) is 0 Å². The van der Waals surface area contributed by atoms with E-state index in [9.17, 15) is 0 Å². The molecule has 0 heterocycles. The van der Waals surface area contributed by atoms with Crippen LogP contribution in [0.5, 0.6) is 0 Å². The van der Waals surface area contributed by atoms with Crippen molar-refractivity contribution < 1.29 is 0 Å². The molecule has 11 rings (SSSR count). The average molecular weight is 738 g/mol. The number of rotatable bonds is 7. The first-order chi connectivity index (χ1) is 28.8. The standard InChI is InChI=1S/C57H39N/c1-4-17-48(18-5-1)57(49-19-6-2-7-20-49)53-24-13-12-23-52(53)56-54(57)25-14-26-55(56)58(50-21-8-3-9-22-50)51-35-33-41(34-36-51)43-29-30-46-39-47(32-31-45(46)38-43)44-28-27-40-15-10-11-16-42(40)37-44/h1-39H. The van der Waals surface area contributed by atoms with Gasteiger partial charge in [0.1, 0.15) is 0 Å². The molecule has 272 valence electrons. The third-order valence-electron chi connectivity index (χ3n) is 12.1. The Morgan fingerprint density at radius 3 is 1.38 bits per heavy atom. The second-order valence-corrected chi connectivity index (χ2v) is 15.3. The molecule has 0 bridgehead atoms. The molecule has 0 saturated carbocycles. The van der Waals surface area contributed by atoms with Gasteiger partial charge < -0.3 is 4.90 Å². The maximum atomic E-state index is 2.43. The van der Waals surface area contributed by atoms with Gasteiger partial charge in [0.25, 0.3) is 0 Å². The van der Waals surface area contributed by atoms with Gasteiger partial charge in [0.2, 0.25) is 0 Å². The molecule has 10 aromatic rings. The maximum Gasteiger partial charge on any atom is 0.0714 e. The van der Waals surface area contributed by atoms with Crippen molar-refractivity contribution in [2.45, 2.75) is 5.41 Å². The van der Waals surface area contributed by atoms with E-state index in [4.69, 9.17) is 0 Å². The summed E-state index contributed by atoms with van der Waals surface area (Å²) in [6.45, 7) is 0. The molecule has 0 N–H and O–H groups in total. The third-order valence-corrected chi connectivity index (χ3v) is 12.1. The minimum atomic E-state index is -0.469. The van der Waals surface area contributed by atoms with Crippen molar-refractivity contribution in [3.63, 3.8) is 0 Å². The topological polar surface area (TPSA) is 3.24 Å². The fourth-order valence-corrected chi connectivity index (χ4v) is 9.44. The molecule has 1 nitrogen and oxygen atoms in total. The van der Waals surface area contributed by atoms with Gasteiger partial charge in [-0.05, 0) is 120 Å². The van der Waals surface area contributed by atoms with E-state index < -0.39 is 5.41 Å². The molecule has 0 fully saturated rings. The first-order valence-electron chi connectivity index (χ1n) is 20.1. The predicted molar refractivity (Wildman–Crippen MR) is 244 cm³/mol. The van der Waals surface area contributed by atoms with Gasteiger partial charge in [0, 0.05) is 16.9 Å². The Bertz CT molecular complexity index is 3050. The Balaban J connectivity index is 1.01. The average Bonchev–Trinajstić information content (AvgIpc) is 3.61. The van der Waals surface area contributed by atoms with E-state index in [2.05, 4.69) is 241 Å². The van der Waals surface area contributed by atoms with Gasteiger partial charge in [-0.15, -0.1) is 0 Å². The molecule has 0 radical (unpaired) electrons. The lowest BCUT2D eigenvalue weighted by molar-refractivity contribution is 0.768. The van der Waals surface area contributed by atoms with Gasteiger partial charge in [-0.3, -0.25) is 0 Å². The van der Waals surface area contributed by atoms with Crippen LogP contribution in [-0.4, -0.2) is 0 Å². The number of anilines is 3. The largest absolute Gasteiger partial charge is 0.310 e. The van der Waals surface area contributed by atoms with Crippen molar-refractivity contribution in [3.05, 3.63) is 259 Å². The summed E-state index contributed by atoms with van der Waals surface area (Å²) in [5, 5.41) is 5.00. The Kier molecular flexibility index (Phi) is 8.12. The van der Waals surface area contributed by atoms with Crippen molar-refractivity contribution in [2.75, 3.05) is 4.90 Å². The van der Waals surface area contributed by atoms with Crippen LogP contribution in [0.15, 0.2) is 237 Å². The van der Waals surface area contributed by atoms with E-state index in [1.165, 1.54) is 77.2 Å². The van der Waals surface area contributed by atoms with Crippen LogP contribution in [0.3, 0.4) is 0 Å². The Morgan fingerprint density at radius 1 is 0.293 bits per heavy atom. The fourth-order valence-electron chi connectivity index (χ4n) is 9.44. The highest BCUT2D eigenvalue weighted by Gasteiger charge is 2.47. The smallest absolute Gasteiger partial charge is 0.0714 e. The van der Waals surface area contributed by atoms with E-state index in [-0.39, 0.29) is 0 Å². The minimum Gasteiger partial charge on any atom is -0.310 e. The molecule has 1 aliphatic carbocycles. The van der Waals surface area contributed by atoms with Gasteiger partial charge >= 0.3 is 0 Å². The molecule has 0 spiro atoms. The summed E-state index contributed by atoms with van der Waals surface area (Å²) in [6.07, 6.45) is 0. The highest BCUT2D eigenvalue weighted by Crippen LogP contribution is 2.59. The molecule has 58 heavy (non-hydrogen) atoms. The second kappa shape index (κ2) is 13.9. The zero-order valence-corrected chi connectivity index (χ0v) is 32.0. The number of fused-ring (bicyclic) bond motifs is 5. The van der Waals surface area contributed by atoms with Crippen LogP contribution in [0.4, 0.5) is 17.1 Å². The molecule has 1 aliphatic rings. The van der Waals surface area contributed by atoms with E-state index in [0.29, 0.717) is 0 Å². The summed E-state index contributed by atoms with van der Waals surface area (Å²) < 4.78 is 0. The normalized spacial score (nSPS) is 12.6. The molecule has 0 aliphatic heterocycles. The number of nitrogens with zero attached hydrogens (tertiary/aromatic N) is 1. The van der Waals surface area contributed by atoms with Crippen molar-refractivity contribution in [1.29, 1.82) is 0 Å². The van der Waals surface area contributed by atoms with Crippen LogP contribution in [0, 0.1) is 0 Å². The summed E-state index contributed by atoms with van der Waals surface area (Å²) in [6, 6.07) is 86.7. The lowest BCUT2D eigenvalue weighted by Crippen LogP contribution is -2.28. The fraction of sp³-hybridized carbons (Fsp3) is 0.0175. The SMILES string of the molecule is c1ccc(N(c2ccc(-c3ccc4cc(-c5ccc6ccccc6c5)ccc4c3)cc2)c2cccc3c2-c2ccccc2C3(c2ccccc2)c2ccccc2)cc1. The van der Waals surface area contributed by atoms with Crippen molar-refractivity contribution in [1.82, 2.24) is 0 Å². The maximum absolute atomic E-state index is 2.43. The first kappa shape index (κ1) is 33.8. The van der Waals surface area contributed by atoms with E-state index in [0.717, 1.165) is 17.1 Å². The third kappa shape index (κ3) is 5.47. The Morgan fingerprint density at radius 2 is 0.741 bits per heavy atom. The van der Waals surface area contributed by atoms with E-state index in [1.807, 2.05) is 0 Å². The van der Waals surface area contributed by atoms with Crippen molar-refractivity contribution in [3.8, 4) is 33.4 Å². The Labute approximate surface area is 339 Å². The monoisotopic (exact) mass is 737 g/mol. The zero-order valence-electron chi connectivity index (χ0n) is 32.0. The molecule has 0 saturated heterocycles. The molecule has 10 aromatic carbocycles. The molecule has 1 heteroatoms. The number of para-hydroxylation sites is 1. The summed E-state index contributed by atoms with van der Waals surface area (Å²) in [5.74, 6) is 0. The Hall–Kier alpha value is -7.48. The number of benzene rings is 10. The molecular formula is C57H39N.